The van der Waals surface area contributed by atoms with E-state index in [4.69, 9.17) is 16.3 Å². The van der Waals surface area contributed by atoms with Gasteiger partial charge in [-0.2, -0.15) is 0 Å². The lowest BCUT2D eigenvalue weighted by atomic mass is 9.92. The Kier molecular flexibility index (Phi) is 7.11. The number of esters is 1. The molecule has 1 atom stereocenters. The summed E-state index contributed by atoms with van der Waals surface area (Å²) in [4.78, 5) is 40.6. The summed E-state index contributed by atoms with van der Waals surface area (Å²) < 4.78 is 5.15. The molecular formula is C24H21ClN6O4. The number of nitrogens with zero attached hydrogens (tertiary/aromatic N) is 5. The number of benzene rings is 1. The Balaban J connectivity index is 1.55. The molecule has 1 aromatic carbocycles. The van der Waals surface area contributed by atoms with Gasteiger partial charge in [0, 0.05) is 35.6 Å². The van der Waals surface area contributed by atoms with Crippen LogP contribution in [0.25, 0.3) is 11.3 Å². The number of halogens is 1. The van der Waals surface area contributed by atoms with Crippen LogP contribution in [0.4, 0.5) is 11.6 Å². The third-order valence-electron chi connectivity index (χ3n) is 5.36. The zero-order chi connectivity index (χ0) is 24.8. The molecule has 2 aromatic heterocycles. The summed E-state index contributed by atoms with van der Waals surface area (Å²) >= 11 is 6.01. The minimum Gasteiger partial charge on any atom is -0.462 e. The molecule has 0 bridgehead atoms. The van der Waals surface area contributed by atoms with E-state index in [2.05, 4.69) is 25.3 Å². The Morgan fingerprint density at radius 3 is 2.60 bits per heavy atom. The van der Waals surface area contributed by atoms with Crippen molar-refractivity contribution in [2.75, 3.05) is 18.5 Å². The first-order valence-electron chi connectivity index (χ1n) is 10.8. The molecule has 35 heavy (non-hydrogen) atoms. The fraction of sp³-hybridized carbons (Fsp3) is 0.208. The van der Waals surface area contributed by atoms with Crippen molar-refractivity contribution in [2.24, 2.45) is 4.99 Å². The molecule has 1 aliphatic rings. The molecule has 11 heteroatoms. The molecule has 0 fully saturated rings. The molecule has 0 aliphatic carbocycles. The molecule has 3 heterocycles. The highest BCUT2D eigenvalue weighted by atomic mass is 35.5. The largest absolute Gasteiger partial charge is 0.462 e. The van der Waals surface area contributed by atoms with E-state index in [0.29, 0.717) is 40.9 Å². The number of aromatic nitrogens is 3. The standard InChI is InChI=1S/C24H21ClN6O4/c1-2-35-22(32)19-15-28-23(30-21(19)16-4-6-17(25)7-5-16)26-13-11-24(10-3-12-29-24)20-9-8-18(14-27-20)31(33)34/h3-10,12,14-15H,2,11,13H2,1H3,(H,26,28,30). The quantitative estimate of drug-likeness (QED) is 0.260. The van der Waals surface area contributed by atoms with Gasteiger partial charge in [-0.25, -0.2) is 14.8 Å². The van der Waals surface area contributed by atoms with E-state index in [1.54, 1.807) is 43.5 Å². The van der Waals surface area contributed by atoms with Gasteiger partial charge in [0.05, 0.1) is 22.9 Å². The summed E-state index contributed by atoms with van der Waals surface area (Å²) in [5, 5.41) is 14.7. The van der Waals surface area contributed by atoms with Gasteiger partial charge in [-0.05, 0) is 43.7 Å². The first-order valence-corrected chi connectivity index (χ1v) is 11.2. The molecule has 0 saturated carbocycles. The Hall–Kier alpha value is -4.18. The van der Waals surface area contributed by atoms with Crippen LogP contribution in [-0.2, 0) is 10.3 Å². The van der Waals surface area contributed by atoms with Crippen LogP contribution in [-0.4, -0.2) is 45.2 Å². The van der Waals surface area contributed by atoms with E-state index in [1.165, 1.54) is 18.5 Å². The Morgan fingerprint density at radius 1 is 1.17 bits per heavy atom. The van der Waals surface area contributed by atoms with Crippen molar-refractivity contribution in [3.63, 3.8) is 0 Å². The fourth-order valence-corrected chi connectivity index (χ4v) is 3.74. The number of hydrogen-bond donors (Lipinski definition) is 1. The third kappa shape index (κ3) is 5.33. The van der Waals surface area contributed by atoms with Crippen LogP contribution in [0.5, 0.6) is 0 Å². The fourth-order valence-electron chi connectivity index (χ4n) is 3.62. The number of rotatable bonds is 9. The monoisotopic (exact) mass is 492 g/mol. The molecule has 0 radical (unpaired) electrons. The Morgan fingerprint density at radius 2 is 1.97 bits per heavy atom. The van der Waals surface area contributed by atoms with Crippen LogP contribution in [0.3, 0.4) is 0 Å². The molecule has 0 spiro atoms. The summed E-state index contributed by atoms with van der Waals surface area (Å²) in [6, 6.07) is 9.98. The van der Waals surface area contributed by atoms with Crippen molar-refractivity contribution in [3.8, 4) is 11.3 Å². The third-order valence-corrected chi connectivity index (χ3v) is 5.61. The van der Waals surface area contributed by atoms with E-state index < -0.39 is 16.4 Å². The number of pyridine rings is 1. The van der Waals surface area contributed by atoms with Crippen LogP contribution in [0.15, 0.2) is 65.9 Å². The first-order chi connectivity index (χ1) is 16.9. The van der Waals surface area contributed by atoms with Gasteiger partial charge in [-0.15, -0.1) is 0 Å². The molecular weight excluding hydrogens is 472 g/mol. The number of carbonyl (C=O) groups is 1. The SMILES string of the molecule is CCOC(=O)c1cnc(NCCC2(c3ccc([N+](=O)[O-])cn3)C=CC=N2)nc1-c1ccc(Cl)cc1. The van der Waals surface area contributed by atoms with E-state index in [-0.39, 0.29) is 17.9 Å². The van der Waals surface area contributed by atoms with E-state index in [9.17, 15) is 14.9 Å². The van der Waals surface area contributed by atoms with Gasteiger partial charge in [-0.1, -0.05) is 23.7 Å². The molecule has 0 amide bonds. The second-order valence-electron chi connectivity index (χ2n) is 7.58. The van der Waals surface area contributed by atoms with Gasteiger partial charge in [0.2, 0.25) is 5.95 Å². The van der Waals surface area contributed by atoms with E-state index >= 15 is 0 Å². The number of ether oxygens (including phenoxy) is 1. The summed E-state index contributed by atoms with van der Waals surface area (Å²) in [6.45, 7) is 2.37. The topological polar surface area (TPSA) is 132 Å². The van der Waals surface area contributed by atoms with Crippen molar-refractivity contribution in [1.29, 1.82) is 0 Å². The number of nitrogens with one attached hydrogen (secondary N) is 1. The summed E-state index contributed by atoms with van der Waals surface area (Å²) in [5.41, 5.74) is 1.11. The molecule has 0 saturated heterocycles. The highest BCUT2D eigenvalue weighted by Gasteiger charge is 2.32. The van der Waals surface area contributed by atoms with Gasteiger partial charge in [0.1, 0.15) is 17.3 Å². The van der Waals surface area contributed by atoms with Gasteiger partial charge < -0.3 is 10.1 Å². The minimum absolute atomic E-state index is 0.0854. The Labute approximate surface area is 205 Å². The van der Waals surface area contributed by atoms with Crippen molar-refractivity contribution in [2.45, 2.75) is 18.9 Å². The summed E-state index contributed by atoms with van der Waals surface area (Å²) in [7, 11) is 0. The van der Waals surface area contributed by atoms with Crippen molar-refractivity contribution in [3.05, 3.63) is 87.3 Å². The maximum atomic E-state index is 12.4. The van der Waals surface area contributed by atoms with Gasteiger partial charge in [-0.3, -0.25) is 20.1 Å². The molecule has 4 rings (SSSR count). The number of nitro groups is 1. The molecule has 1 N–H and O–H groups in total. The van der Waals surface area contributed by atoms with Crippen LogP contribution in [0.2, 0.25) is 5.02 Å². The average Bonchev–Trinajstić information content (AvgIpc) is 3.35. The van der Waals surface area contributed by atoms with Crippen molar-refractivity contribution < 1.29 is 14.5 Å². The van der Waals surface area contributed by atoms with Crippen molar-refractivity contribution >= 4 is 35.4 Å². The first kappa shape index (κ1) is 24.0. The van der Waals surface area contributed by atoms with Gasteiger partial charge in [0.25, 0.3) is 5.69 Å². The minimum atomic E-state index is -0.758. The number of allylic oxidation sites excluding steroid dienone is 1. The summed E-state index contributed by atoms with van der Waals surface area (Å²) in [6.07, 6.45) is 8.52. The maximum Gasteiger partial charge on any atom is 0.341 e. The highest BCUT2D eigenvalue weighted by molar-refractivity contribution is 6.30. The second kappa shape index (κ2) is 10.4. The summed E-state index contributed by atoms with van der Waals surface area (Å²) in [5.74, 6) is -0.196. The Bertz CT molecular complexity index is 1280. The number of aliphatic imine (C=N–C) groups is 1. The molecule has 1 aliphatic heterocycles. The maximum absolute atomic E-state index is 12.4. The van der Waals surface area contributed by atoms with Crippen molar-refractivity contribution in [1.82, 2.24) is 15.0 Å². The normalized spacial score (nSPS) is 16.3. The smallest absolute Gasteiger partial charge is 0.341 e. The number of hydrogen-bond acceptors (Lipinski definition) is 9. The van der Waals surface area contributed by atoms with Crippen LogP contribution < -0.4 is 5.32 Å². The van der Waals surface area contributed by atoms with Crippen LogP contribution >= 0.6 is 11.6 Å². The molecule has 3 aromatic rings. The molecule has 1 unspecified atom stereocenters. The van der Waals surface area contributed by atoms with Gasteiger partial charge in [0.15, 0.2) is 0 Å². The zero-order valence-corrected chi connectivity index (χ0v) is 19.5. The predicted octanol–water partition coefficient (Wildman–Crippen LogP) is 4.62. The predicted molar refractivity (Wildman–Crippen MR) is 132 cm³/mol. The second-order valence-corrected chi connectivity index (χ2v) is 8.02. The lowest BCUT2D eigenvalue weighted by molar-refractivity contribution is -0.385. The van der Waals surface area contributed by atoms with Crippen LogP contribution in [0.1, 0.15) is 29.4 Å². The molecule has 10 nitrogen and oxygen atoms in total. The lowest BCUT2D eigenvalue weighted by Crippen LogP contribution is -2.25. The van der Waals surface area contributed by atoms with Gasteiger partial charge >= 0.3 is 5.97 Å². The highest BCUT2D eigenvalue weighted by Crippen LogP contribution is 2.33. The van der Waals surface area contributed by atoms with Crippen LogP contribution in [0, 0.1) is 10.1 Å². The lowest BCUT2D eigenvalue weighted by Gasteiger charge is -2.23. The number of anilines is 1. The van der Waals surface area contributed by atoms with E-state index in [0.717, 1.165) is 0 Å². The van der Waals surface area contributed by atoms with E-state index in [1.807, 2.05) is 12.2 Å². The zero-order valence-electron chi connectivity index (χ0n) is 18.7. The molecule has 178 valence electrons. The number of carbonyl (C=O) groups excluding carboxylic acids is 1. The average molecular weight is 493 g/mol.